The second kappa shape index (κ2) is 7.61. The highest BCUT2D eigenvalue weighted by atomic mass is 35.5. The average Bonchev–Trinajstić information content (AvgIpc) is 3.01. The van der Waals surface area contributed by atoms with Gasteiger partial charge in [0.05, 0.1) is 16.2 Å². The van der Waals surface area contributed by atoms with Gasteiger partial charge in [-0.15, -0.1) is 5.10 Å². The number of fused-ring (bicyclic) bond motifs is 1. The number of hydrogen-bond donors (Lipinski definition) is 3. The topological polar surface area (TPSA) is 99.5 Å². The quantitative estimate of drug-likeness (QED) is 0.590. The normalized spacial score (nSPS) is 12.0. The van der Waals surface area contributed by atoms with Crippen LogP contribution in [0.2, 0.25) is 5.02 Å². The molecule has 3 rings (SSSR count). The fraction of sp³-hybridized carbons (Fsp3) is 0.350. The third kappa shape index (κ3) is 4.33. The maximum absolute atomic E-state index is 13.8. The molecule has 0 aliphatic rings. The molecule has 0 radical (unpaired) electrons. The molecule has 1 aromatic carbocycles. The Morgan fingerprint density at radius 3 is 2.69 bits per heavy atom. The van der Waals surface area contributed by atoms with E-state index < -0.39 is 22.9 Å². The number of benzene rings is 1. The molecule has 7 nitrogen and oxygen atoms in total. The summed E-state index contributed by atoms with van der Waals surface area (Å²) in [5.41, 5.74) is -0.0996. The van der Waals surface area contributed by atoms with Crippen LogP contribution >= 0.6 is 11.6 Å². The van der Waals surface area contributed by atoms with Gasteiger partial charge in [-0.1, -0.05) is 25.4 Å². The number of carbonyl (C=O) groups excluding carboxylic acids is 1. The Morgan fingerprint density at radius 1 is 1.41 bits per heavy atom. The Balaban J connectivity index is 2.13. The first-order chi connectivity index (χ1) is 13.5. The molecule has 2 heterocycles. The molecule has 154 valence electrons. The number of carbonyl (C=O) groups is 1. The second-order valence-electron chi connectivity index (χ2n) is 7.83. The van der Waals surface area contributed by atoms with Crippen LogP contribution in [0.4, 0.5) is 4.39 Å². The lowest BCUT2D eigenvalue weighted by Gasteiger charge is -2.17. The van der Waals surface area contributed by atoms with Gasteiger partial charge in [-0.2, -0.15) is 0 Å². The number of rotatable bonds is 5. The number of hydrogen-bond acceptors (Lipinski definition) is 4. The van der Waals surface area contributed by atoms with E-state index in [1.165, 1.54) is 22.8 Å². The van der Waals surface area contributed by atoms with Gasteiger partial charge in [0.1, 0.15) is 11.3 Å². The SMILES string of the molecule is CC(C)c1c(C(=O)NCC(C)(C)O)cn2nc(-c3ccc(Cl)c(F)c3)[nH]c(=O)c12. The first-order valence-electron chi connectivity index (χ1n) is 9.09. The van der Waals surface area contributed by atoms with Crippen molar-refractivity contribution in [3.05, 3.63) is 56.7 Å². The van der Waals surface area contributed by atoms with Crippen LogP contribution in [-0.2, 0) is 0 Å². The van der Waals surface area contributed by atoms with Crippen molar-refractivity contribution in [3.8, 4) is 11.4 Å². The van der Waals surface area contributed by atoms with E-state index in [1.54, 1.807) is 19.9 Å². The minimum absolute atomic E-state index is 0.0361. The molecule has 0 spiro atoms. The molecule has 0 unspecified atom stereocenters. The number of H-pyrrole nitrogens is 1. The van der Waals surface area contributed by atoms with E-state index in [-0.39, 0.29) is 28.8 Å². The molecule has 0 saturated heterocycles. The van der Waals surface area contributed by atoms with Crippen LogP contribution in [-0.4, -0.2) is 37.8 Å². The van der Waals surface area contributed by atoms with Crippen molar-refractivity contribution in [2.24, 2.45) is 0 Å². The highest BCUT2D eigenvalue weighted by molar-refractivity contribution is 6.30. The molecule has 0 atom stereocenters. The van der Waals surface area contributed by atoms with Crippen molar-refractivity contribution in [1.29, 1.82) is 0 Å². The zero-order valence-corrected chi connectivity index (χ0v) is 17.3. The highest BCUT2D eigenvalue weighted by Gasteiger charge is 2.24. The van der Waals surface area contributed by atoms with Crippen LogP contribution in [0.15, 0.2) is 29.2 Å². The summed E-state index contributed by atoms with van der Waals surface area (Å²) in [5.74, 6) is -1.04. The molecule has 0 saturated carbocycles. The van der Waals surface area contributed by atoms with E-state index in [1.807, 2.05) is 13.8 Å². The molecule has 0 fully saturated rings. The van der Waals surface area contributed by atoms with Crippen molar-refractivity contribution in [2.75, 3.05) is 6.54 Å². The Morgan fingerprint density at radius 2 is 2.10 bits per heavy atom. The number of nitrogens with zero attached hydrogens (tertiary/aromatic N) is 2. The van der Waals surface area contributed by atoms with E-state index >= 15 is 0 Å². The lowest BCUT2D eigenvalue weighted by molar-refractivity contribution is 0.0694. The Hall–Kier alpha value is -2.71. The van der Waals surface area contributed by atoms with Gasteiger partial charge in [0.2, 0.25) is 0 Å². The summed E-state index contributed by atoms with van der Waals surface area (Å²) in [6.45, 7) is 6.94. The molecule has 2 aromatic heterocycles. The van der Waals surface area contributed by atoms with Gasteiger partial charge in [0.15, 0.2) is 5.82 Å². The maximum Gasteiger partial charge on any atom is 0.275 e. The Labute approximate surface area is 171 Å². The van der Waals surface area contributed by atoms with E-state index in [4.69, 9.17) is 11.6 Å². The van der Waals surface area contributed by atoms with Crippen molar-refractivity contribution >= 4 is 23.0 Å². The highest BCUT2D eigenvalue weighted by Crippen LogP contribution is 2.26. The predicted molar refractivity (Wildman–Crippen MR) is 109 cm³/mol. The largest absolute Gasteiger partial charge is 0.389 e. The summed E-state index contributed by atoms with van der Waals surface area (Å²) in [5, 5.41) is 16.8. The van der Waals surface area contributed by atoms with Crippen molar-refractivity contribution in [2.45, 2.75) is 39.2 Å². The van der Waals surface area contributed by atoms with Crippen molar-refractivity contribution in [3.63, 3.8) is 0 Å². The predicted octanol–water partition coefficient (Wildman–Crippen LogP) is 3.11. The first-order valence-corrected chi connectivity index (χ1v) is 9.47. The van der Waals surface area contributed by atoms with Gasteiger partial charge in [-0.05, 0) is 38.0 Å². The number of amides is 1. The molecule has 1 amide bonds. The number of aliphatic hydroxyl groups is 1. The van der Waals surface area contributed by atoms with E-state index in [0.29, 0.717) is 16.7 Å². The minimum atomic E-state index is -1.08. The fourth-order valence-electron chi connectivity index (χ4n) is 3.04. The van der Waals surface area contributed by atoms with Crippen molar-refractivity contribution < 1.29 is 14.3 Å². The Kier molecular flexibility index (Phi) is 5.51. The zero-order chi connectivity index (χ0) is 21.5. The summed E-state index contributed by atoms with van der Waals surface area (Å²) in [7, 11) is 0. The Bertz CT molecular complexity index is 1150. The second-order valence-corrected chi connectivity index (χ2v) is 8.24. The zero-order valence-electron chi connectivity index (χ0n) is 16.5. The lowest BCUT2D eigenvalue weighted by Crippen LogP contribution is -2.38. The molecule has 0 bridgehead atoms. The van der Waals surface area contributed by atoms with Gasteiger partial charge in [0, 0.05) is 23.9 Å². The van der Waals surface area contributed by atoms with E-state index in [9.17, 15) is 19.1 Å². The van der Waals surface area contributed by atoms with Gasteiger partial charge in [-0.25, -0.2) is 8.91 Å². The van der Waals surface area contributed by atoms with Gasteiger partial charge >= 0.3 is 0 Å². The first kappa shape index (κ1) is 21.0. The third-order valence-corrected chi connectivity index (χ3v) is 4.68. The number of aromatic nitrogens is 3. The smallest absolute Gasteiger partial charge is 0.275 e. The summed E-state index contributed by atoms with van der Waals surface area (Å²) in [6.07, 6.45) is 1.47. The molecular formula is C20H22ClFN4O3. The van der Waals surface area contributed by atoms with E-state index in [0.717, 1.165) is 0 Å². The minimum Gasteiger partial charge on any atom is -0.389 e. The van der Waals surface area contributed by atoms with Crippen LogP contribution in [0.25, 0.3) is 16.9 Å². The molecule has 29 heavy (non-hydrogen) atoms. The summed E-state index contributed by atoms with van der Waals surface area (Å²) in [6, 6.07) is 4.09. The number of nitrogens with one attached hydrogen (secondary N) is 2. The van der Waals surface area contributed by atoms with E-state index in [2.05, 4.69) is 15.4 Å². The summed E-state index contributed by atoms with van der Waals surface area (Å²) >= 11 is 5.72. The summed E-state index contributed by atoms with van der Waals surface area (Å²) < 4.78 is 15.1. The van der Waals surface area contributed by atoms with Crippen LogP contribution in [0.5, 0.6) is 0 Å². The molecule has 9 heteroatoms. The monoisotopic (exact) mass is 420 g/mol. The molecule has 0 aliphatic carbocycles. The number of halogens is 2. The fourth-order valence-corrected chi connectivity index (χ4v) is 3.16. The standard InChI is InChI=1S/C20H22ClFN4O3/c1-10(2)15-12(18(27)23-9-20(3,4)29)8-26-16(15)19(28)24-17(25-26)11-5-6-13(21)14(22)7-11/h5-8,10,29H,9H2,1-4H3,(H,23,27)(H,24,25,28). The van der Waals surface area contributed by atoms with Gasteiger partial charge in [0.25, 0.3) is 11.5 Å². The molecular weight excluding hydrogens is 399 g/mol. The maximum atomic E-state index is 13.8. The van der Waals surface area contributed by atoms with Crippen molar-refractivity contribution in [1.82, 2.24) is 19.9 Å². The molecule has 0 aliphatic heterocycles. The van der Waals surface area contributed by atoms with Crippen LogP contribution < -0.4 is 10.9 Å². The van der Waals surface area contributed by atoms with Gasteiger partial charge in [-0.3, -0.25) is 9.59 Å². The molecule has 3 aromatic rings. The number of aromatic amines is 1. The molecule has 3 N–H and O–H groups in total. The summed E-state index contributed by atoms with van der Waals surface area (Å²) in [4.78, 5) is 28.1. The van der Waals surface area contributed by atoms with Gasteiger partial charge < -0.3 is 15.4 Å². The van der Waals surface area contributed by atoms with Crippen LogP contribution in [0.3, 0.4) is 0 Å². The van der Waals surface area contributed by atoms with Crippen LogP contribution in [0.1, 0.15) is 49.5 Å². The average molecular weight is 421 g/mol. The van der Waals surface area contributed by atoms with Crippen LogP contribution in [0, 0.1) is 5.82 Å². The third-order valence-electron chi connectivity index (χ3n) is 4.38. The lowest BCUT2D eigenvalue weighted by atomic mass is 9.99.